The summed E-state index contributed by atoms with van der Waals surface area (Å²) in [4.78, 5) is 16.4. The number of benzene rings is 1. The third-order valence-corrected chi connectivity index (χ3v) is 5.69. The number of likely N-dealkylation sites (tertiary alicyclic amines) is 1. The van der Waals surface area contributed by atoms with E-state index < -0.39 is 11.0 Å². The Kier molecular flexibility index (Phi) is 5.85. The quantitative estimate of drug-likeness (QED) is 0.889. The van der Waals surface area contributed by atoms with Crippen LogP contribution in [0.25, 0.3) is 0 Å². The average Bonchev–Trinajstić information content (AvgIpc) is 2.64. The molecule has 0 aromatic heterocycles. The molecule has 26 heavy (non-hydrogen) atoms. The maximum atomic E-state index is 12.5. The summed E-state index contributed by atoms with van der Waals surface area (Å²) in [6, 6.07) is 9.68. The van der Waals surface area contributed by atoms with Crippen LogP contribution in [0.5, 0.6) is 0 Å². The number of hydrogen-bond acceptors (Lipinski definition) is 5. The highest BCUT2D eigenvalue weighted by atomic mass is 16.6. The maximum absolute atomic E-state index is 12.5. The highest BCUT2D eigenvalue weighted by Gasteiger charge is 2.49. The summed E-state index contributed by atoms with van der Waals surface area (Å²) >= 11 is 0. The lowest BCUT2D eigenvalue weighted by Gasteiger charge is -2.51. The number of β-amino-alcohol motifs (C(OH)–C–C–N with tert-alkyl or cyclic N) is 1. The van der Waals surface area contributed by atoms with Gasteiger partial charge in [-0.15, -0.1) is 0 Å². The Morgan fingerprint density at radius 3 is 2.54 bits per heavy atom. The molecule has 1 atom stereocenters. The predicted octanol–water partition coefficient (Wildman–Crippen LogP) is 2.12. The van der Waals surface area contributed by atoms with Crippen molar-refractivity contribution in [3.8, 4) is 0 Å². The van der Waals surface area contributed by atoms with Crippen molar-refractivity contribution in [2.24, 2.45) is 5.41 Å². The molecule has 1 amide bonds. The van der Waals surface area contributed by atoms with Gasteiger partial charge in [0.2, 0.25) is 0 Å². The molecule has 1 N–H and O–H groups in total. The number of aliphatic hydroxyl groups is 1. The van der Waals surface area contributed by atoms with Gasteiger partial charge in [-0.25, -0.2) is 4.79 Å². The molecular weight excluding hydrogens is 332 g/mol. The van der Waals surface area contributed by atoms with Crippen molar-refractivity contribution in [2.75, 3.05) is 45.9 Å². The summed E-state index contributed by atoms with van der Waals surface area (Å²) < 4.78 is 10.9. The zero-order valence-electron chi connectivity index (χ0n) is 15.8. The standard InChI is InChI=1S/C20H30N2O4/c1-19(2)15-22(18(23)26-14-17-6-4-3-5-7-17)9-8-20(19,24)16-21-10-12-25-13-11-21/h3-7,24H,8-16H2,1-2H3/t20-/m0/s1. The SMILES string of the molecule is CC1(C)CN(C(=O)OCc2ccccc2)CC[C@]1(O)CN1CCOCC1. The van der Waals surface area contributed by atoms with Gasteiger partial charge in [-0.3, -0.25) is 4.90 Å². The normalized spacial score (nSPS) is 26.5. The highest BCUT2D eigenvalue weighted by molar-refractivity contribution is 5.68. The van der Waals surface area contributed by atoms with E-state index in [0.717, 1.165) is 18.7 Å². The fourth-order valence-corrected chi connectivity index (χ4v) is 3.75. The number of nitrogens with zero attached hydrogens (tertiary/aromatic N) is 2. The van der Waals surface area contributed by atoms with Gasteiger partial charge >= 0.3 is 6.09 Å². The number of carbonyl (C=O) groups is 1. The lowest BCUT2D eigenvalue weighted by Crippen LogP contribution is -2.63. The van der Waals surface area contributed by atoms with E-state index in [1.165, 1.54) is 0 Å². The summed E-state index contributed by atoms with van der Waals surface area (Å²) in [5, 5.41) is 11.3. The smallest absolute Gasteiger partial charge is 0.410 e. The van der Waals surface area contributed by atoms with Gasteiger partial charge in [-0.05, 0) is 12.0 Å². The van der Waals surface area contributed by atoms with E-state index >= 15 is 0 Å². The van der Waals surface area contributed by atoms with E-state index in [0.29, 0.717) is 39.3 Å². The van der Waals surface area contributed by atoms with Crippen LogP contribution in [0, 0.1) is 5.41 Å². The van der Waals surface area contributed by atoms with Gasteiger partial charge in [0.25, 0.3) is 0 Å². The molecule has 3 rings (SSSR count). The first-order valence-electron chi connectivity index (χ1n) is 9.38. The second-order valence-electron chi connectivity index (χ2n) is 8.02. The zero-order chi connectivity index (χ0) is 18.6. The molecule has 0 spiro atoms. The van der Waals surface area contributed by atoms with Crippen molar-refractivity contribution >= 4 is 6.09 Å². The summed E-state index contributed by atoms with van der Waals surface area (Å²) in [7, 11) is 0. The molecule has 6 heteroatoms. The number of morpholine rings is 1. The summed E-state index contributed by atoms with van der Waals surface area (Å²) in [6.45, 7) is 9.09. The summed E-state index contributed by atoms with van der Waals surface area (Å²) in [6.07, 6.45) is 0.244. The number of amides is 1. The average molecular weight is 362 g/mol. The number of carbonyl (C=O) groups excluding carboxylic acids is 1. The monoisotopic (exact) mass is 362 g/mol. The minimum atomic E-state index is -0.819. The molecule has 2 aliphatic rings. The van der Waals surface area contributed by atoms with Crippen LogP contribution in [0.2, 0.25) is 0 Å². The fraction of sp³-hybridized carbons (Fsp3) is 0.650. The second-order valence-corrected chi connectivity index (χ2v) is 8.02. The molecule has 2 heterocycles. The van der Waals surface area contributed by atoms with Crippen LogP contribution in [-0.4, -0.2) is 72.5 Å². The Bertz CT molecular complexity index is 601. The van der Waals surface area contributed by atoms with Crippen molar-refractivity contribution in [1.82, 2.24) is 9.80 Å². The van der Waals surface area contributed by atoms with Gasteiger partial charge in [-0.2, -0.15) is 0 Å². The molecule has 2 aliphatic heterocycles. The van der Waals surface area contributed by atoms with Crippen LogP contribution in [0.1, 0.15) is 25.8 Å². The summed E-state index contributed by atoms with van der Waals surface area (Å²) in [5.74, 6) is 0. The van der Waals surface area contributed by atoms with E-state index in [-0.39, 0.29) is 12.7 Å². The molecule has 144 valence electrons. The third kappa shape index (κ3) is 4.37. The van der Waals surface area contributed by atoms with Crippen LogP contribution in [-0.2, 0) is 16.1 Å². The largest absolute Gasteiger partial charge is 0.445 e. The van der Waals surface area contributed by atoms with Gasteiger partial charge < -0.3 is 19.5 Å². The van der Waals surface area contributed by atoms with Crippen LogP contribution < -0.4 is 0 Å². The third-order valence-electron chi connectivity index (χ3n) is 5.69. The number of piperidine rings is 1. The maximum Gasteiger partial charge on any atom is 0.410 e. The minimum Gasteiger partial charge on any atom is -0.445 e. The van der Waals surface area contributed by atoms with E-state index in [9.17, 15) is 9.90 Å². The minimum absolute atomic E-state index is 0.272. The van der Waals surface area contributed by atoms with Crippen molar-refractivity contribution in [3.63, 3.8) is 0 Å². The zero-order valence-corrected chi connectivity index (χ0v) is 15.8. The van der Waals surface area contributed by atoms with Gasteiger partial charge in [0.15, 0.2) is 0 Å². The van der Waals surface area contributed by atoms with E-state index in [1.54, 1.807) is 4.90 Å². The number of ether oxygens (including phenoxy) is 2. The molecule has 0 radical (unpaired) electrons. The molecule has 0 saturated carbocycles. The molecule has 6 nitrogen and oxygen atoms in total. The molecule has 2 fully saturated rings. The lowest BCUT2D eigenvalue weighted by atomic mass is 9.69. The molecule has 1 aromatic rings. The first-order chi connectivity index (χ1) is 12.4. The van der Waals surface area contributed by atoms with E-state index in [2.05, 4.69) is 4.90 Å². The van der Waals surface area contributed by atoms with Crippen molar-refractivity contribution < 1.29 is 19.4 Å². The Hall–Kier alpha value is -1.63. The lowest BCUT2D eigenvalue weighted by molar-refractivity contribution is -0.135. The van der Waals surface area contributed by atoms with Crippen molar-refractivity contribution in [2.45, 2.75) is 32.5 Å². The van der Waals surface area contributed by atoms with Gasteiger partial charge in [-0.1, -0.05) is 44.2 Å². The van der Waals surface area contributed by atoms with Crippen LogP contribution in [0.3, 0.4) is 0 Å². The Balaban J connectivity index is 1.55. The first kappa shape index (κ1) is 19.1. The van der Waals surface area contributed by atoms with Gasteiger partial charge in [0.05, 0.1) is 18.8 Å². The molecule has 2 saturated heterocycles. The van der Waals surface area contributed by atoms with Crippen molar-refractivity contribution in [3.05, 3.63) is 35.9 Å². The van der Waals surface area contributed by atoms with Gasteiger partial charge in [0.1, 0.15) is 6.61 Å². The second kappa shape index (κ2) is 7.94. The highest BCUT2D eigenvalue weighted by Crippen LogP contribution is 2.39. The van der Waals surface area contributed by atoms with Crippen molar-refractivity contribution in [1.29, 1.82) is 0 Å². The van der Waals surface area contributed by atoms with Crippen LogP contribution in [0.15, 0.2) is 30.3 Å². The van der Waals surface area contributed by atoms with Crippen LogP contribution in [0.4, 0.5) is 4.79 Å². The fourth-order valence-electron chi connectivity index (χ4n) is 3.75. The molecule has 0 bridgehead atoms. The number of hydrogen-bond donors (Lipinski definition) is 1. The molecule has 1 aromatic carbocycles. The predicted molar refractivity (Wildman–Crippen MR) is 98.8 cm³/mol. The number of rotatable bonds is 4. The van der Waals surface area contributed by atoms with E-state index in [4.69, 9.17) is 9.47 Å². The van der Waals surface area contributed by atoms with Crippen LogP contribution >= 0.6 is 0 Å². The van der Waals surface area contributed by atoms with Gasteiger partial charge in [0, 0.05) is 38.1 Å². The molecule has 0 aliphatic carbocycles. The molecule has 0 unspecified atom stereocenters. The topological polar surface area (TPSA) is 62.2 Å². The first-order valence-corrected chi connectivity index (χ1v) is 9.38. The Labute approximate surface area is 155 Å². The Morgan fingerprint density at radius 2 is 1.88 bits per heavy atom. The Morgan fingerprint density at radius 1 is 1.19 bits per heavy atom. The van der Waals surface area contributed by atoms with E-state index in [1.807, 2.05) is 44.2 Å². The summed E-state index contributed by atoms with van der Waals surface area (Å²) in [5.41, 5.74) is -0.253. The molecular formula is C20H30N2O4.